The van der Waals surface area contributed by atoms with Crippen LogP contribution in [-0.4, -0.2) is 24.6 Å². The number of nitrogens with zero attached hydrogens (tertiary/aromatic N) is 1. The highest BCUT2D eigenvalue weighted by Gasteiger charge is 2.31. The minimum absolute atomic E-state index is 0.253. The lowest BCUT2D eigenvalue weighted by atomic mass is 9.96. The zero-order valence-corrected chi connectivity index (χ0v) is 7.83. The summed E-state index contributed by atoms with van der Waals surface area (Å²) in [5.74, 6) is -1.64. The number of carbonyl (C=O) groups is 2. The molecule has 0 aromatic heterocycles. The van der Waals surface area contributed by atoms with E-state index in [1.165, 1.54) is 13.2 Å². The fourth-order valence-corrected chi connectivity index (χ4v) is 1.27. The van der Waals surface area contributed by atoms with Gasteiger partial charge in [0.05, 0.1) is 7.11 Å². The molecule has 0 aromatic carbocycles. The lowest BCUT2D eigenvalue weighted by molar-refractivity contribution is -0.145. The van der Waals surface area contributed by atoms with E-state index in [4.69, 9.17) is 0 Å². The molecule has 0 N–H and O–H groups in total. The number of aliphatic imine (C=N–C) groups is 1. The Morgan fingerprint density at radius 3 is 2.62 bits per heavy atom. The van der Waals surface area contributed by atoms with Crippen molar-refractivity contribution in [2.75, 3.05) is 7.11 Å². The van der Waals surface area contributed by atoms with E-state index >= 15 is 0 Å². The van der Waals surface area contributed by atoms with Gasteiger partial charge >= 0.3 is 5.97 Å². The molecule has 0 fully saturated rings. The van der Waals surface area contributed by atoms with Gasteiger partial charge in [0.25, 0.3) is 0 Å². The van der Waals surface area contributed by atoms with Gasteiger partial charge in [-0.25, -0.2) is 0 Å². The quantitative estimate of drug-likeness (QED) is 0.442. The lowest BCUT2D eigenvalue weighted by Crippen LogP contribution is -2.32. The van der Waals surface area contributed by atoms with E-state index in [-0.39, 0.29) is 5.78 Å². The first kappa shape index (κ1) is 9.64. The van der Waals surface area contributed by atoms with Crippen molar-refractivity contribution in [2.24, 2.45) is 10.9 Å². The van der Waals surface area contributed by atoms with Gasteiger partial charge in [-0.2, -0.15) is 0 Å². The molecule has 0 amide bonds. The molecule has 13 heavy (non-hydrogen) atoms. The fourth-order valence-electron chi connectivity index (χ4n) is 1.27. The Morgan fingerprint density at radius 1 is 1.54 bits per heavy atom. The first-order valence-electron chi connectivity index (χ1n) is 3.91. The average molecular weight is 181 g/mol. The standard InChI is InChI=1S/C9H11NO3/c1-5-4-7(11)8(6(2)10-5)9(12)13-3/h4,8H,1-3H3. The predicted octanol–water partition coefficient (Wildman–Crippen LogP) is 0.723. The summed E-state index contributed by atoms with van der Waals surface area (Å²) in [5.41, 5.74) is 1.12. The number of carbonyl (C=O) groups excluding carboxylic acids is 2. The van der Waals surface area contributed by atoms with Crippen LogP contribution in [-0.2, 0) is 14.3 Å². The summed E-state index contributed by atoms with van der Waals surface area (Å²) in [6.45, 7) is 3.37. The molecule has 0 aromatic rings. The van der Waals surface area contributed by atoms with Crippen molar-refractivity contribution in [3.05, 3.63) is 11.8 Å². The second kappa shape index (κ2) is 3.51. The van der Waals surface area contributed by atoms with E-state index in [1.54, 1.807) is 13.8 Å². The van der Waals surface area contributed by atoms with Gasteiger partial charge < -0.3 is 4.74 Å². The van der Waals surface area contributed by atoms with Crippen molar-refractivity contribution in [3.8, 4) is 0 Å². The third-order valence-corrected chi connectivity index (χ3v) is 1.84. The van der Waals surface area contributed by atoms with Gasteiger partial charge in [0.1, 0.15) is 0 Å². The molecule has 0 aliphatic carbocycles. The fraction of sp³-hybridized carbons (Fsp3) is 0.444. The summed E-state index contributed by atoms with van der Waals surface area (Å²) < 4.78 is 4.50. The number of ether oxygens (including phenoxy) is 1. The number of hydrogen-bond acceptors (Lipinski definition) is 4. The molecule has 0 spiro atoms. The Labute approximate surface area is 76.3 Å². The Bertz CT molecular complexity index is 315. The molecule has 70 valence electrons. The molecule has 4 nitrogen and oxygen atoms in total. The average Bonchev–Trinajstić information content (AvgIpc) is 2.02. The highest BCUT2D eigenvalue weighted by atomic mass is 16.5. The van der Waals surface area contributed by atoms with E-state index in [0.717, 1.165) is 0 Å². The van der Waals surface area contributed by atoms with Crippen molar-refractivity contribution in [3.63, 3.8) is 0 Å². The Balaban J connectivity index is 2.97. The first-order valence-corrected chi connectivity index (χ1v) is 3.91. The van der Waals surface area contributed by atoms with Crippen LogP contribution in [0.3, 0.4) is 0 Å². The predicted molar refractivity (Wildman–Crippen MR) is 47.4 cm³/mol. The monoisotopic (exact) mass is 181 g/mol. The zero-order chi connectivity index (χ0) is 10.0. The first-order chi connectivity index (χ1) is 6.06. The van der Waals surface area contributed by atoms with Crippen LogP contribution < -0.4 is 0 Å². The molecule has 4 heteroatoms. The summed E-state index contributed by atoms with van der Waals surface area (Å²) in [6, 6.07) is 0. The third kappa shape index (κ3) is 1.83. The summed E-state index contributed by atoms with van der Waals surface area (Å²) in [7, 11) is 1.26. The zero-order valence-electron chi connectivity index (χ0n) is 7.83. The second-order valence-electron chi connectivity index (χ2n) is 2.90. The molecule has 0 radical (unpaired) electrons. The molecule has 0 saturated heterocycles. The number of hydrogen-bond donors (Lipinski definition) is 0. The largest absolute Gasteiger partial charge is 0.468 e. The number of esters is 1. The molecule has 1 aliphatic rings. The van der Waals surface area contributed by atoms with E-state index in [0.29, 0.717) is 11.4 Å². The molecule has 0 bridgehead atoms. The van der Waals surface area contributed by atoms with Gasteiger partial charge in [-0.05, 0) is 13.8 Å². The summed E-state index contributed by atoms with van der Waals surface area (Å²) in [6.07, 6.45) is 1.36. The molecule has 1 rings (SSSR count). The van der Waals surface area contributed by atoms with Gasteiger partial charge in [0.2, 0.25) is 0 Å². The van der Waals surface area contributed by atoms with E-state index in [1.807, 2.05) is 0 Å². The molecule has 0 saturated carbocycles. The van der Waals surface area contributed by atoms with Gasteiger partial charge in [-0.1, -0.05) is 0 Å². The molecular weight excluding hydrogens is 170 g/mol. The summed E-state index contributed by atoms with van der Waals surface area (Å²) in [5, 5.41) is 0. The van der Waals surface area contributed by atoms with Crippen molar-refractivity contribution in [1.29, 1.82) is 0 Å². The Morgan fingerprint density at radius 2 is 2.15 bits per heavy atom. The number of ketones is 1. The highest BCUT2D eigenvalue weighted by Crippen LogP contribution is 2.14. The minimum atomic E-state index is -0.839. The third-order valence-electron chi connectivity index (χ3n) is 1.84. The van der Waals surface area contributed by atoms with Crippen LogP contribution in [0.5, 0.6) is 0 Å². The van der Waals surface area contributed by atoms with Crippen molar-refractivity contribution >= 4 is 17.5 Å². The van der Waals surface area contributed by atoms with Gasteiger partial charge in [-0.15, -0.1) is 0 Å². The van der Waals surface area contributed by atoms with Crippen LogP contribution in [0.15, 0.2) is 16.8 Å². The SMILES string of the molecule is COC(=O)C1C(=O)C=C(C)N=C1C. The molecule has 1 unspecified atom stereocenters. The maximum absolute atomic E-state index is 11.4. The van der Waals surface area contributed by atoms with Crippen molar-refractivity contribution < 1.29 is 14.3 Å². The maximum atomic E-state index is 11.4. The van der Waals surface area contributed by atoms with Crippen molar-refractivity contribution in [1.82, 2.24) is 0 Å². The normalized spacial score (nSPS) is 22.1. The summed E-state index contributed by atoms with van der Waals surface area (Å²) in [4.78, 5) is 26.5. The number of allylic oxidation sites excluding steroid dienone is 2. The Hall–Kier alpha value is -1.45. The topological polar surface area (TPSA) is 55.7 Å². The smallest absolute Gasteiger partial charge is 0.322 e. The molecule has 1 aliphatic heterocycles. The van der Waals surface area contributed by atoms with Crippen LogP contribution in [0.25, 0.3) is 0 Å². The van der Waals surface area contributed by atoms with Crippen LogP contribution in [0.4, 0.5) is 0 Å². The van der Waals surface area contributed by atoms with Crippen LogP contribution in [0.1, 0.15) is 13.8 Å². The van der Waals surface area contributed by atoms with Crippen LogP contribution in [0, 0.1) is 5.92 Å². The second-order valence-corrected chi connectivity index (χ2v) is 2.90. The number of rotatable bonds is 1. The van der Waals surface area contributed by atoms with Gasteiger partial charge in [0, 0.05) is 17.5 Å². The Kier molecular flexibility index (Phi) is 2.60. The minimum Gasteiger partial charge on any atom is -0.468 e. The lowest BCUT2D eigenvalue weighted by Gasteiger charge is -2.15. The highest BCUT2D eigenvalue weighted by molar-refractivity contribution is 6.23. The summed E-state index contributed by atoms with van der Waals surface area (Å²) >= 11 is 0. The maximum Gasteiger partial charge on any atom is 0.322 e. The number of methoxy groups -OCH3 is 1. The molecular formula is C9H11NO3. The van der Waals surface area contributed by atoms with Gasteiger partial charge in [0.15, 0.2) is 11.7 Å². The van der Waals surface area contributed by atoms with Crippen LogP contribution in [0.2, 0.25) is 0 Å². The van der Waals surface area contributed by atoms with Gasteiger partial charge in [-0.3, -0.25) is 14.6 Å². The van der Waals surface area contributed by atoms with E-state index < -0.39 is 11.9 Å². The molecule has 1 atom stereocenters. The van der Waals surface area contributed by atoms with E-state index in [2.05, 4.69) is 9.73 Å². The van der Waals surface area contributed by atoms with E-state index in [9.17, 15) is 9.59 Å². The van der Waals surface area contributed by atoms with Crippen LogP contribution >= 0.6 is 0 Å². The van der Waals surface area contributed by atoms with Crippen molar-refractivity contribution in [2.45, 2.75) is 13.8 Å². The molecule has 1 heterocycles.